The van der Waals surface area contributed by atoms with E-state index in [2.05, 4.69) is 5.32 Å². The minimum absolute atomic E-state index is 0.116. The van der Waals surface area contributed by atoms with Gasteiger partial charge in [0.1, 0.15) is 18.2 Å². The second-order valence-electron chi connectivity index (χ2n) is 9.77. The van der Waals surface area contributed by atoms with Crippen LogP contribution in [0.4, 0.5) is 10.2 Å². The van der Waals surface area contributed by atoms with E-state index in [1.54, 1.807) is 27.8 Å². The molecule has 0 aliphatic carbocycles. The normalized spacial score (nSPS) is 11.6. The molecular formula is C34H31FN4O2. The molecule has 0 aliphatic rings. The average Bonchev–Trinajstić information content (AvgIpc) is 3.42. The van der Waals surface area contributed by atoms with Crippen molar-refractivity contribution in [3.05, 3.63) is 138 Å². The standard InChI is InChI=1S/C34H31FN4O2/c1-2-30(26-14-8-4-9-15-26)34(41)38(23-25-12-6-3-7-13-25)24-33(40)36-32-22-31(27-16-10-5-11-17-27)37-39(32)29-20-18-28(35)19-21-29/h3-22,30H,2,23-24H2,1H3,(H,36,40). The Morgan fingerprint density at radius 1 is 0.854 bits per heavy atom. The number of aromatic nitrogens is 2. The number of rotatable bonds is 10. The van der Waals surface area contributed by atoms with Crippen molar-refractivity contribution in [2.24, 2.45) is 0 Å². The summed E-state index contributed by atoms with van der Waals surface area (Å²) in [6.45, 7) is 2.12. The van der Waals surface area contributed by atoms with Crippen LogP contribution in [0, 0.1) is 5.82 Å². The Morgan fingerprint density at radius 3 is 2.10 bits per heavy atom. The quantitative estimate of drug-likeness (QED) is 0.209. The van der Waals surface area contributed by atoms with Gasteiger partial charge >= 0.3 is 0 Å². The molecule has 0 spiro atoms. The Morgan fingerprint density at radius 2 is 1.46 bits per heavy atom. The fourth-order valence-corrected chi connectivity index (χ4v) is 4.83. The Kier molecular flexibility index (Phi) is 8.64. The van der Waals surface area contributed by atoms with E-state index in [0.717, 1.165) is 16.7 Å². The van der Waals surface area contributed by atoms with Gasteiger partial charge in [-0.2, -0.15) is 5.10 Å². The van der Waals surface area contributed by atoms with Crippen LogP contribution in [-0.4, -0.2) is 33.0 Å². The number of amides is 2. The highest BCUT2D eigenvalue weighted by atomic mass is 19.1. The summed E-state index contributed by atoms with van der Waals surface area (Å²) in [5, 5.41) is 7.65. The highest BCUT2D eigenvalue weighted by Crippen LogP contribution is 2.26. The van der Waals surface area contributed by atoms with Gasteiger partial charge in [0.05, 0.1) is 17.3 Å². The van der Waals surface area contributed by atoms with Crippen molar-refractivity contribution in [1.82, 2.24) is 14.7 Å². The maximum absolute atomic E-state index is 13.9. The summed E-state index contributed by atoms with van der Waals surface area (Å²) in [4.78, 5) is 29.0. The zero-order valence-electron chi connectivity index (χ0n) is 22.8. The molecule has 5 rings (SSSR count). The predicted octanol–water partition coefficient (Wildman–Crippen LogP) is 6.84. The number of carbonyl (C=O) groups is 2. The molecule has 1 atom stereocenters. The van der Waals surface area contributed by atoms with E-state index in [-0.39, 0.29) is 30.1 Å². The van der Waals surface area contributed by atoms with Crippen molar-refractivity contribution < 1.29 is 14.0 Å². The van der Waals surface area contributed by atoms with Gasteiger partial charge < -0.3 is 10.2 Å². The molecule has 0 fully saturated rings. The molecule has 206 valence electrons. The number of hydrogen-bond donors (Lipinski definition) is 1. The Hall–Kier alpha value is -5.04. The molecule has 4 aromatic carbocycles. The molecule has 2 amide bonds. The van der Waals surface area contributed by atoms with E-state index < -0.39 is 0 Å². The highest BCUT2D eigenvalue weighted by molar-refractivity contribution is 5.95. The number of hydrogen-bond acceptors (Lipinski definition) is 3. The molecule has 5 aromatic rings. The Balaban J connectivity index is 1.43. The summed E-state index contributed by atoms with van der Waals surface area (Å²) < 4.78 is 15.2. The highest BCUT2D eigenvalue weighted by Gasteiger charge is 2.27. The molecule has 0 aliphatic heterocycles. The maximum atomic E-state index is 13.9. The van der Waals surface area contributed by atoms with Gasteiger partial charge in [-0.15, -0.1) is 0 Å². The van der Waals surface area contributed by atoms with Crippen LogP contribution in [0.2, 0.25) is 0 Å². The van der Waals surface area contributed by atoms with Crippen LogP contribution >= 0.6 is 0 Å². The van der Waals surface area contributed by atoms with Gasteiger partial charge in [-0.25, -0.2) is 9.07 Å². The zero-order chi connectivity index (χ0) is 28.6. The average molecular weight is 547 g/mol. The lowest BCUT2D eigenvalue weighted by atomic mass is 9.94. The molecular weight excluding hydrogens is 515 g/mol. The van der Waals surface area contributed by atoms with Crippen molar-refractivity contribution >= 4 is 17.6 Å². The van der Waals surface area contributed by atoms with Crippen molar-refractivity contribution in [3.63, 3.8) is 0 Å². The molecule has 0 saturated heterocycles. The van der Waals surface area contributed by atoms with Gasteiger partial charge in [-0.3, -0.25) is 9.59 Å². The summed E-state index contributed by atoms with van der Waals surface area (Å²) in [5.74, 6) is -0.798. The number of nitrogens with zero attached hydrogens (tertiary/aromatic N) is 3. The summed E-state index contributed by atoms with van der Waals surface area (Å²) >= 11 is 0. The molecule has 0 radical (unpaired) electrons. The predicted molar refractivity (Wildman–Crippen MR) is 159 cm³/mol. The molecule has 41 heavy (non-hydrogen) atoms. The van der Waals surface area contributed by atoms with Crippen molar-refractivity contribution in [3.8, 4) is 16.9 Å². The van der Waals surface area contributed by atoms with Crippen LogP contribution in [0.1, 0.15) is 30.4 Å². The number of nitrogens with one attached hydrogen (secondary N) is 1. The van der Waals surface area contributed by atoms with E-state index in [1.807, 2.05) is 97.9 Å². The molecule has 0 saturated carbocycles. The van der Waals surface area contributed by atoms with Gasteiger partial charge in [0.2, 0.25) is 11.8 Å². The van der Waals surface area contributed by atoms with Crippen LogP contribution in [0.5, 0.6) is 0 Å². The van der Waals surface area contributed by atoms with Crippen LogP contribution in [-0.2, 0) is 16.1 Å². The molecule has 7 heteroatoms. The minimum atomic E-state index is -0.373. The van der Waals surface area contributed by atoms with E-state index >= 15 is 0 Å². The van der Waals surface area contributed by atoms with Crippen LogP contribution in [0.3, 0.4) is 0 Å². The largest absolute Gasteiger partial charge is 0.329 e. The maximum Gasteiger partial charge on any atom is 0.245 e. The van der Waals surface area contributed by atoms with Crippen LogP contribution in [0.25, 0.3) is 16.9 Å². The molecule has 0 bridgehead atoms. The summed E-state index contributed by atoms with van der Waals surface area (Å²) in [6.07, 6.45) is 0.605. The first-order valence-electron chi connectivity index (χ1n) is 13.6. The summed E-state index contributed by atoms with van der Waals surface area (Å²) in [5.41, 5.74) is 3.96. The second kappa shape index (κ2) is 12.9. The zero-order valence-corrected chi connectivity index (χ0v) is 22.8. The van der Waals surface area contributed by atoms with Crippen molar-refractivity contribution in [1.29, 1.82) is 0 Å². The molecule has 1 unspecified atom stereocenters. The molecule has 1 N–H and O–H groups in total. The Bertz CT molecular complexity index is 1590. The fraction of sp³-hybridized carbons (Fsp3) is 0.147. The van der Waals surface area contributed by atoms with Crippen molar-refractivity contribution in [2.45, 2.75) is 25.8 Å². The monoisotopic (exact) mass is 546 g/mol. The third-order valence-corrected chi connectivity index (χ3v) is 6.89. The second-order valence-corrected chi connectivity index (χ2v) is 9.77. The number of carbonyl (C=O) groups excluding carboxylic acids is 2. The lowest BCUT2D eigenvalue weighted by Gasteiger charge is -2.27. The van der Waals surface area contributed by atoms with Gasteiger partial charge in [-0.05, 0) is 41.8 Å². The Labute approximate surface area is 239 Å². The third kappa shape index (κ3) is 6.76. The summed E-state index contributed by atoms with van der Waals surface area (Å²) in [7, 11) is 0. The van der Waals surface area contributed by atoms with Gasteiger partial charge in [-0.1, -0.05) is 97.9 Å². The van der Waals surface area contributed by atoms with Crippen LogP contribution in [0.15, 0.2) is 121 Å². The summed E-state index contributed by atoms with van der Waals surface area (Å²) in [6, 6.07) is 36.5. The molecule has 6 nitrogen and oxygen atoms in total. The first-order chi connectivity index (χ1) is 20.0. The molecule has 1 heterocycles. The van der Waals surface area contributed by atoms with Gasteiger partial charge in [0.15, 0.2) is 0 Å². The number of benzene rings is 4. The van der Waals surface area contributed by atoms with Gasteiger partial charge in [0, 0.05) is 18.2 Å². The van der Waals surface area contributed by atoms with Gasteiger partial charge in [0.25, 0.3) is 0 Å². The lowest BCUT2D eigenvalue weighted by Crippen LogP contribution is -2.40. The topological polar surface area (TPSA) is 67.2 Å². The van der Waals surface area contributed by atoms with E-state index in [4.69, 9.17) is 5.10 Å². The SMILES string of the molecule is CCC(C(=O)N(CC(=O)Nc1cc(-c2ccccc2)nn1-c1ccc(F)cc1)Cc1ccccc1)c1ccccc1. The number of halogens is 1. The van der Waals surface area contributed by atoms with E-state index in [0.29, 0.717) is 30.2 Å². The smallest absolute Gasteiger partial charge is 0.245 e. The molecule has 1 aromatic heterocycles. The first-order valence-corrected chi connectivity index (χ1v) is 13.6. The van der Waals surface area contributed by atoms with E-state index in [9.17, 15) is 14.0 Å². The van der Waals surface area contributed by atoms with E-state index in [1.165, 1.54) is 12.1 Å². The first kappa shape index (κ1) is 27.5. The minimum Gasteiger partial charge on any atom is -0.329 e. The van der Waals surface area contributed by atoms with Crippen molar-refractivity contribution in [2.75, 3.05) is 11.9 Å². The fourth-order valence-electron chi connectivity index (χ4n) is 4.83. The third-order valence-electron chi connectivity index (χ3n) is 6.89. The van der Waals surface area contributed by atoms with Crippen LogP contribution < -0.4 is 5.32 Å². The number of anilines is 1. The lowest BCUT2D eigenvalue weighted by molar-refractivity contribution is -0.136.